The number of amides is 2. The van der Waals surface area contributed by atoms with Gasteiger partial charge in [-0.25, -0.2) is 0 Å². The molecule has 0 radical (unpaired) electrons. The Morgan fingerprint density at radius 2 is 1.68 bits per heavy atom. The van der Waals surface area contributed by atoms with Crippen molar-refractivity contribution in [3.05, 3.63) is 41.3 Å². The van der Waals surface area contributed by atoms with Crippen LogP contribution in [0, 0.1) is 11.8 Å². The summed E-state index contributed by atoms with van der Waals surface area (Å²) in [4.78, 5) is 35.3. The zero-order chi connectivity index (χ0) is 20.5. The van der Waals surface area contributed by atoms with E-state index in [0.717, 1.165) is 37.1 Å². The molecule has 1 fully saturated rings. The number of anilines is 1. The number of hydrogen-bond acceptors (Lipinski definition) is 5. The molecule has 2 aliphatic rings. The van der Waals surface area contributed by atoms with E-state index >= 15 is 0 Å². The van der Waals surface area contributed by atoms with Crippen LogP contribution in [0.15, 0.2) is 46.0 Å². The number of aliphatic hydroxyl groups is 1. The molecule has 2 atom stereocenters. The summed E-state index contributed by atoms with van der Waals surface area (Å²) in [5.41, 5.74) is -0.359. The molecule has 0 saturated heterocycles. The average molecular weight is 395 g/mol. The van der Waals surface area contributed by atoms with Crippen LogP contribution in [0.1, 0.15) is 36.0 Å². The normalized spacial score (nSPS) is 22.5. The van der Waals surface area contributed by atoms with Gasteiger partial charge >= 0.3 is 12.1 Å². The van der Waals surface area contributed by atoms with E-state index in [1.807, 2.05) is 0 Å². The maximum Gasteiger partial charge on any atom is 0.471 e. The number of carbonyl (C=O) groups excluding carboxylic acids is 3. The Kier molecular flexibility index (Phi) is 5.30. The predicted octanol–water partition coefficient (Wildman–Crippen LogP) is 3.94. The molecule has 7 nitrogen and oxygen atoms in total. The summed E-state index contributed by atoms with van der Waals surface area (Å²) in [6.07, 6.45) is -1.89. The molecule has 1 saturated carbocycles. The minimum atomic E-state index is -5.02. The quantitative estimate of drug-likeness (QED) is 0.756. The molecule has 2 N–H and O–H groups in total. The molecule has 0 aliphatic heterocycles. The number of halogens is 3. The fourth-order valence-electron chi connectivity index (χ4n) is 3.40. The first-order valence-electron chi connectivity index (χ1n) is 8.60. The van der Waals surface area contributed by atoms with Gasteiger partial charge in [-0.15, -0.1) is 10.2 Å². The molecular formula is C18H16F3N3O4. The number of benzene rings is 1. The minimum absolute atomic E-state index is 0.00305. The molecule has 148 valence electrons. The second-order valence-corrected chi connectivity index (χ2v) is 6.63. The van der Waals surface area contributed by atoms with Crippen LogP contribution < -0.4 is 5.32 Å². The Labute approximate surface area is 157 Å². The Hall–Kier alpha value is -3.04. The monoisotopic (exact) mass is 395 g/mol. The van der Waals surface area contributed by atoms with Gasteiger partial charge in [-0.3, -0.25) is 14.4 Å². The van der Waals surface area contributed by atoms with Crippen molar-refractivity contribution in [3.63, 3.8) is 0 Å². The number of nitrogens with one attached hydrogen (secondary N) is 1. The van der Waals surface area contributed by atoms with Crippen molar-refractivity contribution in [2.75, 3.05) is 5.32 Å². The van der Waals surface area contributed by atoms with E-state index in [2.05, 4.69) is 10.2 Å². The molecule has 2 unspecified atom stereocenters. The molecule has 0 aromatic heterocycles. The summed E-state index contributed by atoms with van der Waals surface area (Å²) < 4.78 is 36.7. The highest BCUT2D eigenvalue weighted by Gasteiger charge is 2.43. The highest BCUT2D eigenvalue weighted by Crippen LogP contribution is 2.42. The highest BCUT2D eigenvalue weighted by atomic mass is 19.4. The van der Waals surface area contributed by atoms with E-state index in [0.29, 0.717) is 12.8 Å². The SMILES string of the molecule is O=C(N=NC1=C(O)C2CCCCC2C1=O)c1ccc(NC(=O)C(F)(F)F)cc1. The summed E-state index contributed by atoms with van der Waals surface area (Å²) in [6, 6.07) is 4.55. The third-order valence-corrected chi connectivity index (χ3v) is 4.82. The van der Waals surface area contributed by atoms with Crippen molar-refractivity contribution in [2.45, 2.75) is 31.9 Å². The van der Waals surface area contributed by atoms with Crippen LogP contribution in [0.5, 0.6) is 0 Å². The van der Waals surface area contributed by atoms with E-state index in [1.54, 1.807) is 5.32 Å². The summed E-state index contributed by atoms with van der Waals surface area (Å²) in [5, 5.41) is 18.9. The topological polar surface area (TPSA) is 108 Å². The van der Waals surface area contributed by atoms with Gasteiger partial charge in [0.15, 0.2) is 11.5 Å². The number of Topliss-reactive ketones (excluding diaryl/α,β-unsaturated/α-hetero) is 1. The van der Waals surface area contributed by atoms with Gasteiger partial charge in [-0.2, -0.15) is 13.2 Å². The predicted molar refractivity (Wildman–Crippen MR) is 90.4 cm³/mol. The lowest BCUT2D eigenvalue weighted by atomic mass is 9.80. The first-order valence-corrected chi connectivity index (χ1v) is 8.60. The summed E-state index contributed by atoms with van der Waals surface area (Å²) >= 11 is 0. The Bertz CT molecular complexity index is 875. The van der Waals surface area contributed by atoms with Gasteiger partial charge in [0, 0.05) is 23.1 Å². The summed E-state index contributed by atoms with van der Waals surface area (Å²) in [7, 11) is 0. The summed E-state index contributed by atoms with van der Waals surface area (Å²) in [6.45, 7) is 0. The van der Waals surface area contributed by atoms with Crippen molar-refractivity contribution in [1.82, 2.24) is 0 Å². The van der Waals surface area contributed by atoms with Crippen LogP contribution >= 0.6 is 0 Å². The molecule has 10 heteroatoms. The maximum absolute atomic E-state index is 12.3. The van der Waals surface area contributed by atoms with Crippen LogP contribution in [-0.2, 0) is 9.59 Å². The molecule has 0 heterocycles. The molecule has 1 aromatic carbocycles. The Balaban J connectivity index is 1.68. The van der Waals surface area contributed by atoms with Crippen molar-refractivity contribution < 1.29 is 32.7 Å². The number of fused-ring (bicyclic) bond motifs is 1. The number of allylic oxidation sites excluding steroid dienone is 2. The van der Waals surface area contributed by atoms with Crippen molar-refractivity contribution in [3.8, 4) is 0 Å². The van der Waals surface area contributed by atoms with Crippen LogP contribution in [0.25, 0.3) is 0 Å². The van der Waals surface area contributed by atoms with E-state index in [4.69, 9.17) is 0 Å². The largest absolute Gasteiger partial charge is 0.510 e. The standard InChI is InChI=1S/C18H16F3N3O4/c19-18(20,21)17(28)22-10-7-5-9(6-8-10)16(27)24-23-13-14(25)11-3-1-2-4-12(11)15(13)26/h5-8,11-12,25H,1-4H2,(H,22,28). The van der Waals surface area contributed by atoms with Gasteiger partial charge in [0.2, 0.25) is 0 Å². The molecule has 2 amide bonds. The average Bonchev–Trinajstić information content (AvgIpc) is 2.90. The molecule has 2 aliphatic carbocycles. The van der Waals surface area contributed by atoms with Crippen molar-refractivity contribution in [2.24, 2.45) is 22.1 Å². The zero-order valence-corrected chi connectivity index (χ0v) is 14.5. The third kappa shape index (κ3) is 3.95. The lowest BCUT2D eigenvalue weighted by Crippen LogP contribution is -2.29. The van der Waals surface area contributed by atoms with Gasteiger partial charge in [-0.1, -0.05) is 12.8 Å². The van der Waals surface area contributed by atoms with Crippen LogP contribution in [-0.4, -0.2) is 28.9 Å². The molecule has 0 spiro atoms. The van der Waals surface area contributed by atoms with Gasteiger partial charge in [0.1, 0.15) is 5.76 Å². The number of ketones is 1. The fraction of sp³-hybridized carbons (Fsp3) is 0.389. The number of alkyl halides is 3. The molecule has 0 bridgehead atoms. The fourth-order valence-corrected chi connectivity index (χ4v) is 3.40. The van der Waals surface area contributed by atoms with Crippen molar-refractivity contribution >= 4 is 23.3 Å². The van der Waals surface area contributed by atoms with Gasteiger partial charge in [-0.05, 0) is 37.1 Å². The molecular weight excluding hydrogens is 379 g/mol. The maximum atomic E-state index is 12.3. The van der Waals surface area contributed by atoms with Gasteiger partial charge < -0.3 is 10.4 Å². The van der Waals surface area contributed by atoms with E-state index in [-0.39, 0.29) is 40.3 Å². The van der Waals surface area contributed by atoms with Gasteiger partial charge in [0.05, 0.1) is 0 Å². The van der Waals surface area contributed by atoms with E-state index in [9.17, 15) is 32.7 Å². The lowest BCUT2D eigenvalue weighted by molar-refractivity contribution is -0.167. The number of rotatable bonds is 3. The number of hydrogen-bond donors (Lipinski definition) is 2. The lowest BCUT2D eigenvalue weighted by Gasteiger charge is -2.23. The van der Waals surface area contributed by atoms with Gasteiger partial charge in [0.25, 0.3) is 5.91 Å². The van der Waals surface area contributed by atoms with E-state index < -0.39 is 18.0 Å². The smallest absolute Gasteiger partial charge is 0.471 e. The third-order valence-electron chi connectivity index (χ3n) is 4.82. The molecule has 28 heavy (non-hydrogen) atoms. The number of nitrogens with zero attached hydrogens (tertiary/aromatic N) is 2. The first kappa shape index (κ1) is 19.7. The second-order valence-electron chi connectivity index (χ2n) is 6.63. The van der Waals surface area contributed by atoms with Crippen LogP contribution in [0.2, 0.25) is 0 Å². The number of carbonyl (C=O) groups is 3. The molecule has 1 aromatic rings. The van der Waals surface area contributed by atoms with E-state index in [1.165, 1.54) is 0 Å². The minimum Gasteiger partial charge on any atom is -0.510 e. The number of aliphatic hydroxyl groups excluding tert-OH is 1. The number of azo groups is 1. The van der Waals surface area contributed by atoms with Crippen molar-refractivity contribution in [1.29, 1.82) is 0 Å². The first-order chi connectivity index (χ1) is 13.2. The summed E-state index contributed by atoms with van der Waals surface area (Å²) in [5.74, 6) is -4.04. The Morgan fingerprint density at radius 1 is 1.07 bits per heavy atom. The van der Waals surface area contributed by atoms with Crippen LogP contribution in [0.4, 0.5) is 18.9 Å². The highest BCUT2D eigenvalue weighted by molar-refractivity contribution is 6.01. The van der Waals surface area contributed by atoms with Crippen LogP contribution in [0.3, 0.4) is 0 Å². The zero-order valence-electron chi connectivity index (χ0n) is 14.5. The Morgan fingerprint density at radius 3 is 2.25 bits per heavy atom. The second kappa shape index (κ2) is 7.53. The molecule has 3 rings (SSSR count).